The molecule has 0 bridgehead atoms. The second kappa shape index (κ2) is 12.2. The maximum Gasteiger partial charge on any atom is 0.310 e. The van der Waals surface area contributed by atoms with Crippen molar-refractivity contribution in [1.82, 2.24) is 0 Å². The molecule has 0 amide bonds. The van der Waals surface area contributed by atoms with Crippen LogP contribution in [0.4, 0.5) is 5.69 Å². The molecular weight excluding hydrogens is 545 g/mol. The van der Waals surface area contributed by atoms with Crippen molar-refractivity contribution in [2.24, 2.45) is 34.5 Å². The lowest BCUT2D eigenvalue weighted by molar-refractivity contribution is -0.150. The molecule has 5 rings (SSSR count). The van der Waals surface area contributed by atoms with E-state index >= 15 is 0 Å². The van der Waals surface area contributed by atoms with Crippen molar-refractivity contribution >= 4 is 46.4 Å². The highest BCUT2D eigenvalue weighted by molar-refractivity contribution is 6.18. The molecule has 218 valence electrons. The van der Waals surface area contributed by atoms with E-state index in [1.165, 1.54) is 5.57 Å². The molecule has 0 aromatic heterocycles. The maximum atomic E-state index is 13.4. The number of alkyl halides is 2. The zero-order chi connectivity index (χ0) is 28.5. The number of fused-ring (bicyclic) bond motifs is 5. The number of carbonyl (C=O) groups is 3. The van der Waals surface area contributed by atoms with E-state index in [9.17, 15) is 14.4 Å². The molecule has 0 heterocycles. The van der Waals surface area contributed by atoms with E-state index in [2.05, 4.69) is 18.7 Å². The lowest BCUT2D eigenvalue weighted by Crippen LogP contribution is -2.51. The van der Waals surface area contributed by atoms with Gasteiger partial charge in [-0.1, -0.05) is 31.6 Å². The van der Waals surface area contributed by atoms with Crippen LogP contribution in [0.3, 0.4) is 0 Å². The first-order valence-electron chi connectivity index (χ1n) is 15.1. The third-order valence-corrected chi connectivity index (χ3v) is 11.4. The number of anilines is 1. The smallest absolute Gasteiger partial charge is 0.310 e. The molecule has 5 nitrogen and oxygen atoms in total. The normalized spacial score (nSPS) is 32.9. The number of nitrogens with zero attached hydrogens (tertiary/aromatic N) is 1. The lowest BCUT2D eigenvalue weighted by Gasteiger charge is -2.58. The van der Waals surface area contributed by atoms with E-state index in [1.54, 1.807) is 0 Å². The standard InChI is InChI=1S/C33H43Cl2NO4/c1-32-13-11-25(37)20-23(32)5-8-26-27-9-10-29(33(27,2)14-12-28(26)32)30(38)21-40-31(39)19-22-3-6-24(7-4-22)36(17-15-34)18-16-35/h3-4,6-7,20,26-29H,5,8-19,21H2,1-2H3/t26-,27-,28-,29+,32-,33-/m0/s1. The minimum absolute atomic E-state index is 0.0273. The molecule has 1 aromatic rings. The zero-order valence-corrected chi connectivity index (χ0v) is 25.4. The van der Waals surface area contributed by atoms with E-state index < -0.39 is 0 Å². The number of esters is 1. The molecule has 0 radical (unpaired) electrons. The van der Waals surface area contributed by atoms with Gasteiger partial charge in [0.1, 0.15) is 6.61 Å². The van der Waals surface area contributed by atoms with Crippen molar-refractivity contribution in [2.75, 3.05) is 36.4 Å². The summed E-state index contributed by atoms with van der Waals surface area (Å²) in [5, 5.41) is 0. The van der Waals surface area contributed by atoms with Gasteiger partial charge in [-0.25, -0.2) is 0 Å². The van der Waals surface area contributed by atoms with Crippen LogP contribution >= 0.6 is 23.2 Å². The van der Waals surface area contributed by atoms with Crippen LogP contribution in [0.25, 0.3) is 0 Å². The minimum Gasteiger partial charge on any atom is -0.457 e. The third kappa shape index (κ3) is 5.62. The molecule has 0 N–H and O–H groups in total. The summed E-state index contributed by atoms with van der Waals surface area (Å²) in [6.07, 6.45) is 10.0. The van der Waals surface area contributed by atoms with Crippen LogP contribution in [0.1, 0.15) is 70.8 Å². The Labute approximate surface area is 249 Å². The number of Topliss-reactive ketones (excluding diaryl/α,β-unsaturated/α-hetero) is 1. The molecule has 40 heavy (non-hydrogen) atoms. The van der Waals surface area contributed by atoms with Crippen molar-refractivity contribution in [2.45, 2.75) is 71.6 Å². The van der Waals surface area contributed by atoms with Gasteiger partial charge in [-0.15, -0.1) is 23.2 Å². The van der Waals surface area contributed by atoms with Gasteiger partial charge in [0.25, 0.3) is 0 Å². The number of allylic oxidation sites excluding steroid dienone is 1. The number of hydrogen-bond acceptors (Lipinski definition) is 5. The predicted molar refractivity (Wildman–Crippen MR) is 160 cm³/mol. The van der Waals surface area contributed by atoms with E-state index in [1.807, 2.05) is 30.3 Å². The lowest BCUT2D eigenvalue weighted by atomic mass is 9.46. The number of ketones is 2. The summed E-state index contributed by atoms with van der Waals surface area (Å²) in [7, 11) is 0. The van der Waals surface area contributed by atoms with Crippen LogP contribution in [0.2, 0.25) is 0 Å². The highest BCUT2D eigenvalue weighted by atomic mass is 35.5. The van der Waals surface area contributed by atoms with E-state index in [0.29, 0.717) is 54.8 Å². The van der Waals surface area contributed by atoms with Crippen LogP contribution in [-0.4, -0.2) is 49.0 Å². The molecule has 0 spiro atoms. The highest BCUT2D eigenvalue weighted by Crippen LogP contribution is 2.66. The van der Waals surface area contributed by atoms with E-state index in [-0.39, 0.29) is 41.5 Å². The van der Waals surface area contributed by atoms with Gasteiger partial charge in [-0.2, -0.15) is 0 Å². The Kier molecular flexibility index (Phi) is 9.02. The fraction of sp³-hybridized carbons (Fsp3) is 0.667. The number of ether oxygens (including phenoxy) is 1. The van der Waals surface area contributed by atoms with Crippen molar-refractivity contribution in [3.8, 4) is 0 Å². The fourth-order valence-electron chi connectivity index (χ4n) is 8.96. The largest absolute Gasteiger partial charge is 0.457 e. The summed E-state index contributed by atoms with van der Waals surface area (Å²) in [6, 6.07) is 7.78. The van der Waals surface area contributed by atoms with Crippen molar-refractivity contribution in [1.29, 1.82) is 0 Å². The second-order valence-corrected chi connectivity index (χ2v) is 13.7. The van der Waals surface area contributed by atoms with Crippen LogP contribution in [0, 0.1) is 34.5 Å². The predicted octanol–water partition coefficient (Wildman–Crippen LogP) is 6.77. The Balaban J connectivity index is 1.16. The van der Waals surface area contributed by atoms with Crippen molar-refractivity contribution in [3.05, 3.63) is 41.5 Å². The first kappa shape index (κ1) is 29.6. The van der Waals surface area contributed by atoms with Crippen molar-refractivity contribution < 1.29 is 19.1 Å². The van der Waals surface area contributed by atoms with Crippen LogP contribution in [-0.2, 0) is 25.5 Å². The van der Waals surface area contributed by atoms with Gasteiger partial charge in [0.15, 0.2) is 11.6 Å². The van der Waals surface area contributed by atoms with Crippen LogP contribution < -0.4 is 4.90 Å². The van der Waals surface area contributed by atoms with E-state index in [0.717, 1.165) is 56.2 Å². The molecule has 7 heteroatoms. The van der Waals surface area contributed by atoms with Gasteiger partial charge < -0.3 is 9.64 Å². The Hall–Kier alpha value is -1.85. The minimum atomic E-state index is -0.366. The monoisotopic (exact) mass is 587 g/mol. The Morgan fingerprint density at radius 3 is 2.38 bits per heavy atom. The van der Waals surface area contributed by atoms with Crippen molar-refractivity contribution in [3.63, 3.8) is 0 Å². The average Bonchev–Trinajstić information content (AvgIpc) is 3.30. The second-order valence-electron chi connectivity index (χ2n) is 13.0. The summed E-state index contributed by atoms with van der Waals surface area (Å²) in [5.41, 5.74) is 3.36. The molecule has 0 aliphatic heterocycles. The number of carbonyl (C=O) groups excluding carboxylic acids is 3. The average molecular weight is 589 g/mol. The zero-order valence-electron chi connectivity index (χ0n) is 23.9. The number of hydrogen-bond donors (Lipinski definition) is 0. The molecule has 0 saturated heterocycles. The number of halogens is 2. The van der Waals surface area contributed by atoms with Gasteiger partial charge >= 0.3 is 5.97 Å². The molecular formula is C33H43Cl2NO4. The first-order valence-corrected chi connectivity index (χ1v) is 16.1. The summed E-state index contributed by atoms with van der Waals surface area (Å²) in [5.74, 6) is 2.74. The molecule has 4 aliphatic carbocycles. The highest BCUT2D eigenvalue weighted by Gasteiger charge is 2.60. The topological polar surface area (TPSA) is 63.7 Å². The number of benzene rings is 1. The maximum absolute atomic E-state index is 13.4. The van der Waals surface area contributed by atoms with Gasteiger partial charge in [0.2, 0.25) is 0 Å². The fourth-order valence-corrected chi connectivity index (χ4v) is 9.36. The first-order chi connectivity index (χ1) is 19.2. The molecule has 1 aromatic carbocycles. The number of rotatable bonds is 10. The molecule has 3 fully saturated rings. The van der Waals surface area contributed by atoms with Gasteiger partial charge in [-0.05, 0) is 97.3 Å². The van der Waals surface area contributed by atoms with E-state index in [4.69, 9.17) is 27.9 Å². The third-order valence-electron chi connectivity index (χ3n) is 11.1. The molecule has 3 saturated carbocycles. The SMILES string of the molecule is C[C@]12CC[C@H]3[C@@H](CCC4=CC(=O)CC[C@@]43C)[C@@H]1CC[C@@H]2C(=O)COC(=O)Cc1ccc(N(CCCl)CCCl)cc1. The van der Waals surface area contributed by atoms with Crippen LogP contribution in [0.5, 0.6) is 0 Å². The summed E-state index contributed by atoms with van der Waals surface area (Å²) in [6.45, 7) is 5.99. The summed E-state index contributed by atoms with van der Waals surface area (Å²) >= 11 is 11.8. The summed E-state index contributed by atoms with van der Waals surface area (Å²) < 4.78 is 5.53. The molecule has 4 aliphatic rings. The summed E-state index contributed by atoms with van der Waals surface area (Å²) in [4.78, 5) is 40.3. The Morgan fingerprint density at radius 2 is 1.68 bits per heavy atom. The molecule has 0 unspecified atom stereocenters. The Morgan fingerprint density at radius 1 is 0.950 bits per heavy atom. The Bertz CT molecular complexity index is 1140. The quantitative estimate of drug-likeness (QED) is 0.223. The van der Waals surface area contributed by atoms with Gasteiger partial charge in [0.05, 0.1) is 6.42 Å². The van der Waals surface area contributed by atoms with Crippen LogP contribution in [0.15, 0.2) is 35.9 Å². The van der Waals surface area contributed by atoms with Gasteiger partial charge in [0, 0.05) is 42.9 Å². The van der Waals surface area contributed by atoms with Gasteiger partial charge in [-0.3, -0.25) is 14.4 Å². The molecule has 6 atom stereocenters.